The molecule has 0 unspecified atom stereocenters. The third-order valence-electron chi connectivity index (χ3n) is 4.89. The zero-order chi connectivity index (χ0) is 17.5. The molecule has 1 aliphatic rings. The van der Waals surface area contributed by atoms with Gasteiger partial charge in [-0.3, -0.25) is 4.90 Å². The van der Waals surface area contributed by atoms with Crippen molar-refractivity contribution in [1.82, 2.24) is 15.5 Å². The number of nitrogens with zero attached hydrogens (tertiary/aromatic N) is 1. The number of benzene rings is 1. The Balaban J connectivity index is 1.84. The molecular weight excluding hydrogens is 302 g/mol. The Hall–Kier alpha value is -1.59. The first-order valence-corrected chi connectivity index (χ1v) is 8.95. The molecule has 5 heteroatoms. The Morgan fingerprint density at radius 2 is 1.83 bits per heavy atom. The molecule has 0 aliphatic heterocycles. The summed E-state index contributed by atoms with van der Waals surface area (Å²) in [5.41, 5.74) is 2.40. The second kappa shape index (κ2) is 9.04. The topological polar surface area (TPSA) is 64.6 Å². The molecule has 1 saturated carbocycles. The average Bonchev–Trinajstić information content (AvgIpc) is 2.56. The first kappa shape index (κ1) is 18.7. The molecule has 24 heavy (non-hydrogen) atoms. The summed E-state index contributed by atoms with van der Waals surface area (Å²) in [4.78, 5) is 14.4. The maximum Gasteiger partial charge on any atom is 0.315 e. The van der Waals surface area contributed by atoms with Crippen LogP contribution in [0.4, 0.5) is 4.79 Å². The Morgan fingerprint density at radius 3 is 2.46 bits per heavy atom. The highest BCUT2D eigenvalue weighted by Gasteiger charge is 2.20. The van der Waals surface area contributed by atoms with Crippen LogP contribution >= 0.6 is 0 Å². The van der Waals surface area contributed by atoms with E-state index in [9.17, 15) is 9.90 Å². The summed E-state index contributed by atoms with van der Waals surface area (Å²) in [5.74, 6) is 0. The lowest BCUT2D eigenvalue weighted by atomic mass is 9.93. The summed E-state index contributed by atoms with van der Waals surface area (Å²) in [7, 11) is 2.11. The zero-order valence-corrected chi connectivity index (χ0v) is 15.1. The number of carbonyl (C=O) groups is 1. The molecule has 0 spiro atoms. The second-order valence-electron chi connectivity index (χ2n) is 7.11. The van der Waals surface area contributed by atoms with E-state index in [0.29, 0.717) is 12.6 Å². The van der Waals surface area contributed by atoms with Crippen LogP contribution in [0.1, 0.15) is 50.7 Å². The molecule has 0 bridgehead atoms. The van der Waals surface area contributed by atoms with Gasteiger partial charge in [-0.15, -0.1) is 0 Å². The van der Waals surface area contributed by atoms with Gasteiger partial charge in [0.1, 0.15) is 0 Å². The van der Waals surface area contributed by atoms with Gasteiger partial charge in [-0.2, -0.15) is 0 Å². The van der Waals surface area contributed by atoms with Crippen molar-refractivity contribution < 1.29 is 9.90 Å². The largest absolute Gasteiger partial charge is 0.393 e. The second-order valence-corrected chi connectivity index (χ2v) is 7.11. The van der Waals surface area contributed by atoms with Crippen LogP contribution in [0.3, 0.4) is 0 Å². The van der Waals surface area contributed by atoms with Crippen molar-refractivity contribution in [2.24, 2.45) is 0 Å². The average molecular weight is 333 g/mol. The van der Waals surface area contributed by atoms with Crippen molar-refractivity contribution in [1.29, 1.82) is 0 Å². The molecule has 1 fully saturated rings. The molecule has 2 rings (SSSR count). The fourth-order valence-electron chi connectivity index (χ4n) is 2.97. The number of urea groups is 1. The van der Waals surface area contributed by atoms with Gasteiger partial charge in [0.2, 0.25) is 0 Å². The third kappa shape index (κ3) is 5.80. The van der Waals surface area contributed by atoms with E-state index in [0.717, 1.165) is 37.8 Å². The van der Waals surface area contributed by atoms with Gasteiger partial charge in [-0.1, -0.05) is 24.3 Å². The van der Waals surface area contributed by atoms with Gasteiger partial charge in [0, 0.05) is 25.2 Å². The standard InChI is InChI=1S/C19H31N3O2/c1-14(2)22(3)13-16-7-5-4-6-15(16)12-20-19(24)21-17-8-10-18(23)11-9-17/h4-7,14,17-18,23H,8-13H2,1-3H3,(H2,20,21,24). The maximum atomic E-state index is 12.1. The van der Waals surface area contributed by atoms with Crippen LogP contribution in [0.15, 0.2) is 24.3 Å². The van der Waals surface area contributed by atoms with Gasteiger partial charge in [0.05, 0.1) is 6.10 Å². The van der Waals surface area contributed by atoms with Crippen LogP contribution in [-0.2, 0) is 13.1 Å². The van der Waals surface area contributed by atoms with E-state index < -0.39 is 0 Å². The van der Waals surface area contributed by atoms with Gasteiger partial charge in [0.25, 0.3) is 0 Å². The van der Waals surface area contributed by atoms with Crippen LogP contribution in [0, 0.1) is 0 Å². The zero-order valence-electron chi connectivity index (χ0n) is 15.1. The summed E-state index contributed by atoms with van der Waals surface area (Å²) >= 11 is 0. The SMILES string of the molecule is CC(C)N(C)Cc1ccccc1CNC(=O)NC1CCC(O)CC1. The van der Waals surface area contributed by atoms with E-state index in [-0.39, 0.29) is 18.2 Å². The fraction of sp³-hybridized carbons (Fsp3) is 0.632. The fourth-order valence-corrected chi connectivity index (χ4v) is 2.97. The van der Waals surface area contributed by atoms with Crippen LogP contribution in [-0.4, -0.2) is 41.3 Å². The monoisotopic (exact) mass is 333 g/mol. The Labute approximate surface area is 145 Å². The van der Waals surface area contributed by atoms with Crippen molar-refractivity contribution >= 4 is 6.03 Å². The Kier molecular flexibility index (Phi) is 7.06. The summed E-state index contributed by atoms with van der Waals surface area (Å²) in [5, 5.41) is 15.5. The van der Waals surface area contributed by atoms with Gasteiger partial charge in [-0.05, 0) is 57.7 Å². The minimum Gasteiger partial charge on any atom is -0.393 e. The number of aliphatic hydroxyl groups excluding tert-OH is 1. The highest BCUT2D eigenvalue weighted by Crippen LogP contribution is 2.18. The predicted octanol–water partition coefficient (Wildman–Crippen LogP) is 2.63. The lowest BCUT2D eigenvalue weighted by molar-refractivity contribution is 0.117. The lowest BCUT2D eigenvalue weighted by Crippen LogP contribution is -2.44. The number of aliphatic hydroxyl groups is 1. The number of nitrogens with one attached hydrogen (secondary N) is 2. The van der Waals surface area contributed by atoms with Crippen LogP contribution < -0.4 is 10.6 Å². The van der Waals surface area contributed by atoms with Gasteiger partial charge >= 0.3 is 6.03 Å². The van der Waals surface area contributed by atoms with Crippen LogP contribution in [0.5, 0.6) is 0 Å². The summed E-state index contributed by atoms with van der Waals surface area (Å²) in [6.07, 6.45) is 3.05. The van der Waals surface area contributed by atoms with Crippen molar-refractivity contribution in [3.8, 4) is 0 Å². The summed E-state index contributed by atoms with van der Waals surface area (Å²) in [6, 6.07) is 8.78. The molecule has 1 aliphatic carbocycles. The quantitative estimate of drug-likeness (QED) is 0.750. The van der Waals surface area contributed by atoms with E-state index in [1.54, 1.807) is 0 Å². The number of rotatable bonds is 6. The number of hydrogen-bond acceptors (Lipinski definition) is 3. The molecule has 3 N–H and O–H groups in total. The molecule has 5 nitrogen and oxygen atoms in total. The third-order valence-corrected chi connectivity index (χ3v) is 4.89. The van der Waals surface area contributed by atoms with Crippen LogP contribution in [0.25, 0.3) is 0 Å². The highest BCUT2D eigenvalue weighted by molar-refractivity contribution is 5.74. The number of hydrogen-bond donors (Lipinski definition) is 3. The van der Waals surface area contributed by atoms with E-state index in [4.69, 9.17) is 0 Å². The van der Waals surface area contributed by atoms with Gasteiger partial charge in [0.15, 0.2) is 0 Å². The predicted molar refractivity (Wildman–Crippen MR) is 96.7 cm³/mol. The van der Waals surface area contributed by atoms with Crippen molar-refractivity contribution in [2.45, 2.75) is 70.8 Å². The molecule has 0 saturated heterocycles. The van der Waals surface area contributed by atoms with Gasteiger partial charge in [-0.25, -0.2) is 4.79 Å². The van der Waals surface area contributed by atoms with Crippen molar-refractivity contribution in [3.05, 3.63) is 35.4 Å². The molecule has 0 heterocycles. The Bertz CT molecular complexity index is 525. The molecular formula is C19H31N3O2. The summed E-state index contributed by atoms with van der Waals surface area (Å²) in [6.45, 7) is 5.76. The first-order chi connectivity index (χ1) is 11.5. The van der Waals surface area contributed by atoms with E-state index in [2.05, 4.69) is 48.6 Å². The minimum atomic E-state index is -0.198. The molecule has 1 aromatic rings. The van der Waals surface area contributed by atoms with Crippen molar-refractivity contribution in [3.63, 3.8) is 0 Å². The van der Waals surface area contributed by atoms with Gasteiger partial charge < -0.3 is 15.7 Å². The first-order valence-electron chi connectivity index (χ1n) is 8.95. The molecule has 2 amide bonds. The number of amides is 2. The maximum absolute atomic E-state index is 12.1. The normalized spacial score (nSPS) is 21.1. The molecule has 0 radical (unpaired) electrons. The van der Waals surface area contributed by atoms with E-state index in [1.165, 1.54) is 5.56 Å². The van der Waals surface area contributed by atoms with Crippen LogP contribution in [0.2, 0.25) is 0 Å². The summed E-state index contributed by atoms with van der Waals surface area (Å²) < 4.78 is 0. The minimum absolute atomic E-state index is 0.122. The van der Waals surface area contributed by atoms with E-state index in [1.807, 2.05) is 12.1 Å². The molecule has 134 valence electrons. The van der Waals surface area contributed by atoms with E-state index >= 15 is 0 Å². The molecule has 0 atom stereocenters. The highest BCUT2D eigenvalue weighted by atomic mass is 16.3. The van der Waals surface area contributed by atoms with Crippen molar-refractivity contribution in [2.75, 3.05) is 7.05 Å². The smallest absolute Gasteiger partial charge is 0.315 e. The lowest BCUT2D eigenvalue weighted by Gasteiger charge is -2.26. The molecule has 0 aromatic heterocycles. The molecule has 1 aromatic carbocycles. The number of carbonyl (C=O) groups excluding carboxylic acids is 1. The Morgan fingerprint density at radius 1 is 1.21 bits per heavy atom.